The number of rotatable bonds is 11. The van der Waals surface area contributed by atoms with Crippen LogP contribution in [0.3, 0.4) is 0 Å². The molecule has 0 aliphatic carbocycles. The summed E-state index contributed by atoms with van der Waals surface area (Å²) in [6, 6.07) is 13.8. The average molecular weight is 468 g/mol. The molecule has 1 aliphatic heterocycles. The number of aliphatic hydroxyl groups is 1. The number of fused-ring (bicyclic) bond motifs is 1. The molecule has 0 saturated heterocycles. The van der Waals surface area contributed by atoms with Crippen LogP contribution in [0.1, 0.15) is 42.2 Å². The molecule has 184 valence electrons. The van der Waals surface area contributed by atoms with Gasteiger partial charge in [-0.2, -0.15) is 0 Å². The number of aryl methyl sites for hydroxylation is 1. The number of anilines is 1. The molecular formula is C26H37N5O3. The highest BCUT2D eigenvalue weighted by molar-refractivity contribution is 5.87. The third-order valence-electron chi connectivity index (χ3n) is 6.27. The lowest BCUT2D eigenvalue weighted by Crippen LogP contribution is -2.49. The van der Waals surface area contributed by atoms with Crippen molar-refractivity contribution in [1.29, 1.82) is 0 Å². The van der Waals surface area contributed by atoms with Crippen molar-refractivity contribution in [2.24, 2.45) is 0 Å². The average Bonchev–Trinajstić information content (AvgIpc) is 3.26. The number of benzene rings is 2. The molecule has 0 fully saturated rings. The van der Waals surface area contributed by atoms with Crippen LogP contribution in [-0.2, 0) is 22.7 Å². The summed E-state index contributed by atoms with van der Waals surface area (Å²) >= 11 is 0. The van der Waals surface area contributed by atoms with Gasteiger partial charge in [0.1, 0.15) is 6.54 Å². The fraction of sp³-hybridized carbons (Fsp3) is 0.462. The molecule has 0 aromatic heterocycles. The van der Waals surface area contributed by atoms with E-state index in [1.807, 2.05) is 49.2 Å². The van der Waals surface area contributed by atoms with Crippen LogP contribution < -0.4 is 10.6 Å². The number of nitrogens with zero attached hydrogens (tertiary/aromatic N) is 3. The van der Waals surface area contributed by atoms with Gasteiger partial charge in [0.15, 0.2) is 0 Å². The molecule has 8 heteroatoms. The van der Waals surface area contributed by atoms with Crippen LogP contribution in [0.15, 0.2) is 42.5 Å². The fourth-order valence-corrected chi connectivity index (χ4v) is 4.01. The molecule has 1 aliphatic rings. The van der Waals surface area contributed by atoms with Gasteiger partial charge in [-0.3, -0.25) is 14.6 Å². The molecule has 3 N–H and O–H groups in total. The third kappa shape index (κ3) is 6.56. The van der Waals surface area contributed by atoms with Crippen molar-refractivity contribution >= 4 is 17.5 Å². The van der Waals surface area contributed by atoms with Gasteiger partial charge in [0, 0.05) is 38.9 Å². The Morgan fingerprint density at radius 1 is 1.12 bits per heavy atom. The van der Waals surface area contributed by atoms with E-state index < -0.39 is 6.10 Å². The van der Waals surface area contributed by atoms with Crippen molar-refractivity contribution in [3.05, 3.63) is 64.7 Å². The summed E-state index contributed by atoms with van der Waals surface area (Å²) in [6.45, 7) is 8.99. The lowest BCUT2D eigenvalue weighted by atomic mass is 10.1. The molecule has 0 bridgehead atoms. The number of hydrazine groups is 1. The number of likely N-dealkylation sites (N-methyl/N-ethyl adjacent to an activating group) is 2. The molecule has 2 aromatic rings. The zero-order chi connectivity index (χ0) is 24.7. The first kappa shape index (κ1) is 25.7. The normalized spacial score (nSPS) is 13.9. The second-order valence-corrected chi connectivity index (χ2v) is 8.78. The van der Waals surface area contributed by atoms with Crippen molar-refractivity contribution in [3.8, 4) is 0 Å². The number of carbonyl (C=O) groups is 2. The Labute approximate surface area is 202 Å². The van der Waals surface area contributed by atoms with E-state index in [9.17, 15) is 14.7 Å². The molecule has 1 unspecified atom stereocenters. The smallest absolute Gasteiger partial charge is 0.256 e. The highest BCUT2D eigenvalue weighted by Crippen LogP contribution is 2.23. The predicted octanol–water partition coefficient (Wildman–Crippen LogP) is 2.29. The van der Waals surface area contributed by atoms with Gasteiger partial charge in [0.05, 0.1) is 12.6 Å². The summed E-state index contributed by atoms with van der Waals surface area (Å²) in [5.74, 6) is -0.267. The zero-order valence-electron chi connectivity index (χ0n) is 20.7. The summed E-state index contributed by atoms with van der Waals surface area (Å²) in [5.41, 5.74) is 5.02. The maximum atomic E-state index is 13.1. The summed E-state index contributed by atoms with van der Waals surface area (Å²) in [4.78, 5) is 27.8. The van der Waals surface area contributed by atoms with E-state index in [-0.39, 0.29) is 24.9 Å². The minimum absolute atomic E-state index is 0.0158. The molecule has 8 nitrogen and oxygen atoms in total. The van der Waals surface area contributed by atoms with Gasteiger partial charge in [-0.1, -0.05) is 43.3 Å². The van der Waals surface area contributed by atoms with E-state index in [0.29, 0.717) is 26.2 Å². The van der Waals surface area contributed by atoms with Crippen LogP contribution >= 0.6 is 0 Å². The van der Waals surface area contributed by atoms with E-state index in [0.717, 1.165) is 23.4 Å². The van der Waals surface area contributed by atoms with Crippen molar-refractivity contribution in [2.75, 3.05) is 45.1 Å². The van der Waals surface area contributed by atoms with E-state index in [1.165, 1.54) is 11.1 Å². The Hall–Kier alpha value is -2.94. The van der Waals surface area contributed by atoms with E-state index in [2.05, 4.69) is 22.8 Å². The molecule has 2 aromatic carbocycles. The second kappa shape index (κ2) is 12.0. The second-order valence-electron chi connectivity index (χ2n) is 8.78. The van der Waals surface area contributed by atoms with Gasteiger partial charge >= 0.3 is 0 Å². The standard InChI is InChI=1S/C26H37N5O3/c1-5-27-12-13-30(25(33)15-28-24-14-21(20(3)32)11-10-19(24)2)18-26(34)29(4)31-16-22-8-6-7-9-23(22)17-31/h6-11,14,20,27-28,32H,5,12-13,15-18H2,1-4H3. The van der Waals surface area contributed by atoms with Gasteiger partial charge in [0.2, 0.25) is 5.91 Å². The predicted molar refractivity (Wildman–Crippen MR) is 134 cm³/mol. The number of hydrogen-bond donors (Lipinski definition) is 3. The highest BCUT2D eigenvalue weighted by atomic mass is 16.3. The van der Waals surface area contributed by atoms with E-state index in [4.69, 9.17) is 0 Å². The van der Waals surface area contributed by atoms with Gasteiger partial charge in [0.25, 0.3) is 5.91 Å². The summed E-state index contributed by atoms with van der Waals surface area (Å²) < 4.78 is 0. The molecule has 3 rings (SSSR count). The van der Waals surface area contributed by atoms with Crippen molar-refractivity contribution < 1.29 is 14.7 Å². The molecular weight excluding hydrogens is 430 g/mol. The van der Waals surface area contributed by atoms with Crippen molar-refractivity contribution in [2.45, 2.75) is 40.0 Å². The summed E-state index contributed by atoms with van der Waals surface area (Å²) in [6.07, 6.45) is -0.585. The lowest BCUT2D eigenvalue weighted by molar-refractivity contribution is -0.151. The van der Waals surface area contributed by atoms with Crippen molar-refractivity contribution in [3.63, 3.8) is 0 Å². The molecule has 2 amide bonds. The first-order valence-electron chi connectivity index (χ1n) is 11.9. The van der Waals surface area contributed by atoms with E-state index >= 15 is 0 Å². The van der Waals surface area contributed by atoms with Crippen LogP contribution in [0, 0.1) is 6.92 Å². The first-order chi connectivity index (χ1) is 16.3. The Morgan fingerprint density at radius 2 is 1.79 bits per heavy atom. The molecule has 0 saturated carbocycles. The van der Waals surface area contributed by atoms with Crippen LogP contribution in [0.5, 0.6) is 0 Å². The van der Waals surface area contributed by atoms with Gasteiger partial charge < -0.3 is 20.6 Å². The maximum Gasteiger partial charge on any atom is 0.256 e. The minimum Gasteiger partial charge on any atom is -0.389 e. The van der Waals surface area contributed by atoms with Crippen LogP contribution in [-0.4, -0.2) is 71.6 Å². The number of amides is 2. The maximum absolute atomic E-state index is 13.1. The van der Waals surface area contributed by atoms with Crippen LogP contribution in [0.2, 0.25) is 0 Å². The highest BCUT2D eigenvalue weighted by Gasteiger charge is 2.27. The zero-order valence-corrected chi connectivity index (χ0v) is 20.7. The van der Waals surface area contributed by atoms with Gasteiger partial charge in [-0.05, 0) is 48.7 Å². The number of nitrogens with one attached hydrogen (secondary N) is 2. The minimum atomic E-state index is -0.585. The quantitative estimate of drug-likeness (QED) is 0.440. The van der Waals surface area contributed by atoms with Crippen molar-refractivity contribution in [1.82, 2.24) is 20.2 Å². The monoisotopic (exact) mass is 467 g/mol. The summed E-state index contributed by atoms with van der Waals surface area (Å²) in [7, 11) is 1.77. The third-order valence-corrected chi connectivity index (χ3v) is 6.27. The molecule has 1 atom stereocenters. The summed E-state index contributed by atoms with van der Waals surface area (Å²) in [5, 5.41) is 19.9. The van der Waals surface area contributed by atoms with Gasteiger partial charge in [-0.25, -0.2) is 5.01 Å². The Kier molecular flexibility index (Phi) is 9.04. The van der Waals surface area contributed by atoms with Crippen LogP contribution in [0.4, 0.5) is 5.69 Å². The molecule has 34 heavy (non-hydrogen) atoms. The topological polar surface area (TPSA) is 88.2 Å². The number of carbonyl (C=O) groups excluding carboxylic acids is 2. The Morgan fingerprint density at radius 3 is 2.41 bits per heavy atom. The lowest BCUT2D eigenvalue weighted by Gasteiger charge is -2.31. The SMILES string of the molecule is CCNCCN(CC(=O)N(C)N1Cc2ccccc2C1)C(=O)CNc1cc(C(C)O)ccc1C. The van der Waals surface area contributed by atoms with Gasteiger partial charge in [-0.15, -0.1) is 0 Å². The number of hydrogen-bond acceptors (Lipinski definition) is 6. The Balaban J connectivity index is 1.62. The first-order valence-corrected chi connectivity index (χ1v) is 11.9. The largest absolute Gasteiger partial charge is 0.389 e. The Bertz CT molecular complexity index is 969. The molecule has 0 spiro atoms. The van der Waals surface area contributed by atoms with Crippen LogP contribution in [0.25, 0.3) is 0 Å². The molecule has 0 radical (unpaired) electrons. The molecule has 1 heterocycles. The fourth-order valence-electron chi connectivity index (χ4n) is 4.01. The number of aliphatic hydroxyl groups excluding tert-OH is 1. The van der Waals surface area contributed by atoms with E-state index in [1.54, 1.807) is 23.9 Å².